The van der Waals surface area contributed by atoms with Crippen molar-refractivity contribution in [3.8, 4) is 0 Å². The quantitative estimate of drug-likeness (QED) is 0.741. The average molecular weight is 425 g/mol. The van der Waals surface area contributed by atoms with Crippen LogP contribution in [0.2, 0.25) is 0 Å². The molecule has 6 heteroatoms. The topological polar surface area (TPSA) is 57.7 Å². The molecule has 0 bridgehead atoms. The second kappa shape index (κ2) is 7.73. The lowest BCUT2D eigenvalue weighted by Gasteiger charge is -2.44. The molecule has 2 unspecified atom stereocenters. The van der Waals surface area contributed by atoms with E-state index in [0.717, 1.165) is 30.6 Å². The second-order valence-corrected chi connectivity index (χ2v) is 10.6. The zero-order valence-corrected chi connectivity index (χ0v) is 18.0. The summed E-state index contributed by atoms with van der Waals surface area (Å²) in [5, 5.41) is 0. The average Bonchev–Trinajstić information content (AvgIpc) is 3.23. The lowest BCUT2D eigenvalue weighted by atomic mass is 9.78. The van der Waals surface area contributed by atoms with Crippen LogP contribution in [-0.4, -0.2) is 38.4 Å². The van der Waals surface area contributed by atoms with Gasteiger partial charge in [0, 0.05) is 24.7 Å². The number of nitrogens with zero attached hydrogens (tertiary/aromatic N) is 2. The number of hydrogen-bond donors (Lipinski definition) is 0. The molecule has 0 aromatic heterocycles. The lowest BCUT2D eigenvalue weighted by molar-refractivity contribution is 0.0390. The van der Waals surface area contributed by atoms with Crippen molar-refractivity contribution in [2.24, 2.45) is 5.92 Å². The zero-order chi connectivity index (χ0) is 20.7. The van der Waals surface area contributed by atoms with Gasteiger partial charge in [0.05, 0.1) is 10.6 Å². The first-order valence-corrected chi connectivity index (χ1v) is 12.5. The number of carbonyl (C=O) groups is 1. The second-order valence-electron chi connectivity index (χ2n) is 8.74. The van der Waals surface area contributed by atoms with E-state index in [4.69, 9.17) is 0 Å². The number of carbonyl (C=O) groups excluding carboxylic acids is 1. The molecule has 2 fully saturated rings. The van der Waals surface area contributed by atoms with Crippen molar-refractivity contribution in [1.29, 1.82) is 0 Å². The van der Waals surface area contributed by atoms with Crippen molar-refractivity contribution in [2.75, 3.05) is 17.4 Å². The molecule has 2 atom stereocenters. The fraction of sp³-hybridized carbons (Fsp3) is 0.458. The van der Waals surface area contributed by atoms with E-state index in [1.165, 1.54) is 30.0 Å². The zero-order valence-electron chi connectivity index (χ0n) is 17.2. The van der Waals surface area contributed by atoms with E-state index in [0.29, 0.717) is 30.5 Å². The molecule has 1 amide bonds. The molecule has 158 valence electrons. The van der Waals surface area contributed by atoms with Gasteiger partial charge in [0.2, 0.25) is 0 Å². The van der Waals surface area contributed by atoms with Crippen LogP contribution < -0.4 is 4.31 Å². The number of para-hydroxylation sites is 1. The van der Waals surface area contributed by atoms with Crippen LogP contribution in [0.3, 0.4) is 0 Å². The molecule has 3 aliphatic rings. The highest BCUT2D eigenvalue weighted by atomic mass is 32.2. The molecule has 2 aromatic carbocycles. The molecule has 2 aliphatic heterocycles. The number of fused-ring (bicyclic) bond motifs is 2. The standard InChI is InChI=1S/C24H28N2O3S/c27-24(25-15-6-10-18-7-1-3-12-22(18)25)20-9-5-11-21(17-20)30(28,29)26-16-14-19-8-2-4-13-23(19)26/h2,4-5,8-9,11,13,17-18,22H,1,3,6-7,10,12,14-16H2. The molecule has 0 spiro atoms. The van der Waals surface area contributed by atoms with Gasteiger partial charge in [-0.05, 0) is 67.9 Å². The smallest absolute Gasteiger partial charge is 0.264 e. The number of benzene rings is 2. The van der Waals surface area contributed by atoms with Gasteiger partial charge in [-0.1, -0.05) is 37.1 Å². The molecule has 1 saturated heterocycles. The van der Waals surface area contributed by atoms with E-state index in [-0.39, 0.29) is 10.8 Å². The molecule has 30 heavy (non-hydrogen) atoms. The number of likely N-dealkylation sites (tertiary alicyclic amines) is 1. The van der Waals surface area contributed by atoms with E-state index >= 15 is 0 Å². The van der Waals surface area contributed by atoms with Gasteiger partial charge in [-0.2, -0.15) is 0 Å². The summed E-state index contributed by atoms with van der Waals surface area (Å²) in [6.45, 7) is 1.21. The molecule has 0 N–H and O–H groups in total. The summed E-state index contributed by atoms with van der Waals surface area (Å²) < 4.78 is 28.2. The summed E-state index contributed by atoms with van der Waals surface area (Å²) in [5.41, 5.74) is 2.27. The fourth-order valence-corrected chi connectivity index (χ4v) is 7.07. The van der Waals surface area contributed by atoms with Gasteiger partial charge in [0.1, 0.15) is 0 Å². The van der Waals surface area contributed by atoms with E-state index in [1.54, 1.807) is 24.3 Å². The summed E-state index contributed by atoms with van der Waals surface area (Å²) in [6, 6.07) is 14.6. The Morgan fingerprint density at radius 1 is 0.900 bits per heavy atom. The SMILES string of the molecule is O=C(c1cccc(S(=O)(=O)N2CCc3ccccc32)c1)N1CCCC2CCCCC21. The molecule has 5 rings (SSSR count). The molecule has 1 saturated carbocycles. The van der Waals surface area contributed by atoms with Gasteiger partial charge >= 0.3 is 0 Å². The third kappa shape index (κ3) is 3.31. The highest BCUT2D eigenvalue weighted by molar-refractivity contribution is 7.92. The van der Waals surface area contributed by atoms with Crippen LogP contribution >= 0.6 is 0 Å². The summed E-state index contributed by atoms with van der Waals surface area (Å²) >= 11 is 0. The Labute approximate surface area is 178 Å². The van der Waals surface area contributed by atoms with Crippen molar-refractivity contribution in [1.82, 2.24) is 4.90 Å². The van der Waals surface area contributed by atoms with Crippen LogP contribution in [0.25, 0.3) is 0 Å². The van der Waals surface area contributed by atoms with E-state index in [1.807, 2.05) is 29.2 Å². The van der Waals surface area contributed by atoms with Crippen molar-refractivity contribution in [3.05, 3.63) is 59.7 Å². The Bertz CT molecular complexity index is 1060. The van der Waals surface area contributed by atoms with E-state index < -0.39 is 10.0 Å². The Hall–Kier alpha value is -2.34. The summed E-state index contributed by atoms with van der Waals surface area (Å²) in [6.07, 6.45) is 7.66. The van der Waals surface area contributed by atoms with Gasteiger partial charge < -0.3 is 4.90 Å². The monoisotopic (exact) mass is 424 g/mol. The number of amides is 1. The number of rotatable bonds is 3. The Kier molecular flexibility index (Phi) is 5.05. The minimum Gasteiger partial charge on any atom is -0.335 e. The predicted molar refractivity (Wildman–Crippen MR) is 117 cm³/mol. The van der Waals surface area contributed by atoms with Crippen molar-refractivity contribution >= 4 is 21.6 Å². The van der Waals surface area contributed by atoms with Crippen LogP contribution in [0.5, 0.6) is 0 Å². The van der Waals surface area contributed by atoms with Crippen molar-refractivity contribution in [3.63, 3.8) is 0 Å². The summed E-state index contributed by atoms with van der Waals surface area (Å²) in [5.74, 6) is 0.579. The van der Waals surface area contributed by atoms with E-state index in [9.17, 15) is 13.2 Å². The van der Waals surface area contributed by atoms with E-state index in [2.05, 4.69) is 0 Å². The number of sulfonamides is 1. The third-order valence-electron chi connectivity index (χ3n) is 7.02. The predicted octanol–water partition coefficient (Wildman–Crippen LogP) is 4.23. The van der Waals surface area contributed by atoms with Crippen LogP contribution in [0.15, 0.2) is 53.4 Å². The fourth-order valence-electron chi connectivity index (χ4n) is 5.52. The first-order valence-electron chi connectivity index (χ1n) is 11.1. The van der Waals surface area contributed by atoms with Crippen LogP contribution in [0, 0.1) is 5.92 Å². The minimum absolute atomic E-state index is 0.0227. The van der Waals surface area contributed by atoms with Crippen LogP contribution in [0.1, 0.15) is 54.4 Å². The lowest BCUT2D eigenvalue weighted by Crippen LogP contribution is -2.49. The summed E-state index contributed by atoms with van der Waals surface area (Å²) in [7, 11) is -3.70. The third-order valence-corrected chi connectivity index (χ3v) is 8.83. The molecular weight excluding hydrogens is 396 g/mol. The van der Waals surface area contributed by atoms with Crippen LogP contribution in [0.4, 0.5) is 5.69 Å². The first-order chi connectivity index (χ1) is 14.6. The maximum Gasteiger partial charge on any atom is 0.264 e. The van der Waals surface area contributed by atoms with Crippen LogP contribution in [-0.2, 0) is 16.4 Å². The molecular formula is C24H28N2O3S. The number of piperidine rings is 1. The van der Waals surface area contributed by atoms with Crippen molar-refractivity contribution < 1.29 is 13.2 Å². The van der Waals surface area contributed by atoms with Gasteiger partial charge in [-0.15, -0.1) is 0 Å². The normalized spacial score (nSPS) is 23.7. The van der Waals surface area contributed by atoms with Gasteiger partial charge in [0.25, 0.3) is 15.9 Å². The largest absolute Gasteiger partial charge is 0.335 e. The van der Waals surface area contributed by atoms with Gasteiger partial charge in [0.15, 0.2) is 0 Å². The molecule has 5 nitrogen and oxygen atoms in total. The molecule has 2 heterocycles. The Balaban J connectivity index is 1.44. The maximum absolute atomic E-state index is 13.4. The maximum atomic E-state index is 13.4. The highest BCUT2D eigenvalue weighted by Gasteiger charge is 2.36. The Morgan fingerprint density at radius 2 is 1.70 bits per heavy atom. The highest BCUT2D eigenvalue weighted by Crippen LogP contribution is 2.36. The van der Waals surface area contributed by atoms with Gasteiger partial charge in [-0.3, -0.25) is 9.10 Å². The molecule has 2 aromatic rings. The van der Waals surface area contributed by atoms with Crippen molar-refractivity contribution in [2.45, 2.75) is 55.9 Å². The molecule has 0 radical (unpaired) electrons. The summed E-state index contributed by atoms with van der Waals surface area (Å²) in [4.78, 5) is 15.6. The minimum atomic E-state index is -3.70. The Morgan fingerprint density at radius 3 is 2.60 bits per heavy atom. The number of anilines is 1. The molecule has 1 aliphatic carbocycles. The first kappa shape index (κ1) is 19.6. The van der Waals surface area contributed by atoms with Gasteiger partial charge in [-0.25, -0.2) is 8.42 Å². The number of hydrogen-bond acceptors (Lipinski definition) is 3.